The summed E-state index contributed by atoms with van der Waals surface area (Å²) < 4.78 is 6.00. The van der Waals surface area contributed by atoms with Gasteiger partial charge in [0, 0.05) is 18.0 Å². The minimum absolute atomic E-state index is 0.123. The first-order chi connectivity index (χ1) is 7.50. The van der Waals surface area contributed by atoms with Crippen molar-refractivity contribution >= 4 is 0 Å². The van der Waals surface area contributed by atoms with Gasteiger partial charge in [0.1, 0.15) is 5.75 Å². The Bertz CT molecular complexity index is 398. The van der Waals surface area contributed by atoms with Crippen LogP contribution in [0.25, 0.3) is 0 Å². The van der Waals surface area contributed by atoms with Gasteiger partial charge in [-0.25, -0.2) is 0 Å². The third-order valence-electron chi connectivity index (χ3n) is 3.34. The van der Waals surface area contributed by atoms with Crippen LogP contribution in [-0.4, -0.2) is 6.10 Å². The second kappa shape index (κ2) is 4.10. The highest BCUT2D eigenvalue weighted by Crippen LogP contribution is 2.40. The van der Waals surface area contributed by atoms with E-state index in [1.165, 1.54) is 16.7 Å². The highest BCUT2D eigenvalue weighted by Gasteiger charge is 2.27. The fourth-order valence-electron chi connectivity index (χ4n) is 2.49. The lowest BCUT2D eigenvalue weighted by Gasteiger charge is -2.32. The van der Waals surface area contributed by atoms with E-state index in [0.717, 1.165) is 12.2 Å². The molecule has 2 heteroatoms. The van der Waals surface area contributed by atoms with E-state index in [-0.39, 0.29) is 12.1 Å². The van der Waals surface area contributed by atoms with Crippen LogP contribution < -0.4 is 10.5 Å². The summed E-state index contributed by atoms with van der Waals surface area (Å²) in [7, 11) is 0. The molecule has 2 unspecified atom stereocenters. The van der Waals surface area contributed by atoms with Gasteiger partial charge in [-0.3, -0.25) is 0 Å². The summed E-state index contributed by atoms with van der Waals surface area (Å²) in [6, 6.07) is 4.45. The molecule has 1 aromatic rings. The summed E-state index contributed by atoms with van der Waals surface area (Å²) in [6.07, 6.45) is 1.14. The molecule has 0 amide bonds. The topological polar surface area (TPSA) is 35.2 Å². The summed E-state index contributed by atoms with van der Waals surface area (Å²) in [5.41, 5.74) is 9.97. The van der Waals surface area contributed by atoms with E-state index < -0.39 is 0 Å². The van der Waals surface area contributed by atoms with Crippen molar-refractivity contribution in [2.24, 2.45) is 5.73 Å². The Hall–Kier alpha value is -1.02. The molecule has 0 saturated carbocycles. The predicted molar refractivity (Wildman–Crippen MR) is 66.9 cm³/mol. The van der Waals surface area contributed by atoms with Crippen LogP contribution in [0.4, 0.5) is 0 Å². The number of rotatable bonds is 1. The van der Waals surface area contributed by atoms with E-state index in [9.17, 15) is 0 Å². The molecule has 0 spiro atoms. The number of hydrogen-bond acceptors (Lipinski definition) is 2. The Labute approximate surface area is 97.8 Å². The quantitative estimate of drug-likeness (QED) is 0.786. The third kappa shape index (κ3) is 1.82. The van der Waals surface area contributed by atoms with Crippen molar-refractivity contribution in [2.75, 3.05) is 0 Å². The van der Waals surface area contributed by atoms with Gasteiger partial charge in [-0.05, 0) is 30.9 Å². The van der Waals surface area contributed by atoms with Gasteiger partial charge in [0.05, 0.1) is 6.10 Å². The van der Waals surface area contributed by atoms with Crippen molar-refractivity contribution in [1.29, 1.82) is 0 Å². The van der Waals surface area contributed by atoms with Crippen LogP contribution >= 0.6 is 0 Å². The van der Waals surface area contributed by atoms with Crippen molar-refractivity contribution in [3.05, 3.63) is 28.8 Å². The zero-order chi connectivity index (χ0) is 11.9. The third-order valence-corrected chi connectivity index (χ3v) is 3.34. The Morgan fingerprint density at radius 3 is 2.69 bits per heavy atom. The molecule has 0 bridgehead atoms. The van der Waals surface area contributed by atoms with E-state index in [2.05, 4.69) is 39.8 Å². The maximum Gasteiger partial charge on any atom is 0.128 e. The molecule has 0 saturated heterocycles. The molecule has 88 valence electrons. The second-order valence-electron chi connectivity index (χ2n) is 5.14. The summed E-state index contributed by atoms with van der Waals surface area (Å²) in [4.78, 5) is 0. The SMILES string of the molecule is Cc1ccc(C(C)C)c2c1C(N)CC(C)O2. The molecular weight excluding hydrogens is 198 g/mol. The lowest BCUT2D eigenvalue weighted by atomic mass is 9.88. The maximum absolute atomic E-state index is 6.23. The Morgan fingerprint density at radius 2 is 2.06 bits per heavy atom. The van der Waals surface area contributed by atoms with Crippen LogP contribution in [0.5, 0.6) is 5.75 Å². The second-order valence-corrected chi connectivity index (χ2v) is 5.14. The van der Waals surface area contributed by atoms with Gasteiger partial charge in [-0.1, -0.05) is 26.0 Å². The van der Waals surface area contributed by atoms with Gasteiger partial charge < -0.3 is 10.5 Å². The molecule has 2 N–H and O–H groups in total. The molecule has 1 aromatic carbocycles. The lowest BCUT2D eigenvalue weighted by molar-refractivity contribution is 0.174. The van der Waals surface area contributed by atoms with Crippen LogP contribution in [0.1, 0.15) is 55.8 Å². The van der Waals surface area contributed by atoms with Crippen LogP contribution in [0.2, 0.25) is 0 Å². The molecule has 16 heavy (non-hydrogen) atoms. The molecule has 0 fully saturated rings. The molecular formula is C14H21NO. The smallest absolute Gasteiger partial charge is 0.128 e. The number of ether oxygens (including phenoxy) is 1. The van der Waals surface area contributed by atoms with Crippen molar-refractivity contribution in [3.8, 4) is 5.75 Å². The summed E-state index contributed by atoms with van der Waals surface area (Å²) in [5.74, 6) is 1.52. The molecule has 1 aliphatic heterocycles. The van der Waals surface area contributed by atoms with Gasteiger partial charge in [-0.2, -0.15) is 0 Å². The molecule has 2 nitrogen and oxygen atoms in total. The highest BCUT2D eigenvalue weighted by atomic mass is 16.5. The fraction of sp³-hybridized carbons (Fsp3) is 0.571. The van der Waals surface area contributed by atoms with Crippen molar-refractivity contribution in [3.63, 3.8) is 0 Å². The van der Waals surface area contributed by atoms with Crippen molar-refractivity contribution in [1.82, 2.24) is 0 Å². The number of nitrogens with two attached hydrogens (primary N) is 1. The van der Waals surface area contributed by atoms with Gasteiger partial charge >= 0.3 is 0 Å². The molecule has 2 atom stereocenters. The van der Waals surface area contributed by atoms with E-state index >= 15 is 0 Å². The van der Waals surface area contributed by atoms with Crippen molar-refractivity contribution < 1.29 is 4.74 Å². The monoisotopic (exact) mass is 219 g/mol. The lowest BCUT2D eigenvalue weighted by Crippen LogP contribution is -2.28. The summed E-state index contributed by atoms with van der Waals surface area (Å²) >= 11 is 0. The Kier molecular flexibility index (Phi) is 2.94. The average Bonchev–Trinajstić information content (AvgIpc) is 2.15. The fourth-order valence-corrected chi connectivity index (χ4v) is 2.49. The molecule has 1 aliphatic rings. The molecule has 0 aliphatic carbocycles. The van der Waals surface area contributed by atoms with Gasteiger partial charge in [-0.15, -0.1) is 0 Å². The first-order valence-electron chi connectivity index (χ1n) is 6.06. The van der Waals surface area contributed by atoms with Gasteiger partial charge in [0.15, 0.2) is 0 Å². The standard InChI is InChI=1S/C14H21NO/c1-8(2)11-6-5-9(3)13-12(15)7-10(4)16-14(11)13/h5-6,8,10,12H,7,15H2,1-4H3. The minimum atomic E-state index is 0.123. The summed E-state index contributed by atoms with van der Waals surface area (Å²) in [5, 5.41) is 0. The van der Waals surface area contributed by atoms with Crippen LogP contribution in [0, 0.1) is 6.92 Å². The largest absolute Gasteiger partial charge is 0.490 e. The Balaban J connectivity index is 2.58. The number of hydrogen-bond donors (Lipinski definition) is 1. The number of benzene rings is 1. The van der Waals surface area contributed by atoms with Crippen molar-refractivity contribution in [2.45, 2.75) is 52.2 Å². The van der Waals surface area contributed by atoms with E-state index in [1.807, 2.05) is 0 Å². The van der Waals surface area contributed by atoms with E-state index in [4.69, 9.17) is 10.5 Å². The Morgan fingerprint density at radius 1 is 1.38 bits per heavy atom. The average molecular weight is 219 g/mol. The first-order valence-corrected chi connectivity index (χ1v) is 6.06. The van der Waals surface area contributed by atoms with E-state index in [1.54, 1.807) is 0 Å². The van der Waals surface area contributed by atoms with Crippen LogP contribution in [-0.2, 0) is 0 Å². The molecule has 1 heterocycles. The number of fused-ring (bicyclic) bond motifs is 1. The van der Waals surface area contributed by atoms with Crippen LogP contribution in [0.3, 0.4) is 0 Å². The molecule has 0 radical (unpaired) electrons. The predicted octanol–water partition coefficient (Wildman–Crippen LogP) is 3.29. The van der Waals surface area contributed by atoms with E-state index in [0.29, 0.717) is 5.92 Å². The minimum Gasteiger partial charge on any atom is -0.490 e. The zero-order valence-electron chi connectivity index (χ0n) is 10.6. The van der Waals surface area contributed by atoms with Gasteiger partial charge in [0.2, 0.25) is 0 Å². The first kappa shape index (κ1) is 11.5. The number of aryl methyl sites for hydroxylation is 1. The molecule has 2 rings (SSSR count). The normalized spacial score (nSPS) is 24.1. The maximum atomic E-state index is 6.23. The zero-order valence-corrected chi connectivity index (χ0v) is 10.6. The van der Waals surface area contributed by atoms with Gasteiger partial charge in [0.25, 0.3) is 0 Å². The molecule has 0 aromatic heterocycles. The van der Waals surface area contributed by atoms with Crippen LogP contribution in [0.15, 0.2) is 12.1 Å². The highest BCUT2D eigenvalue weighted by molar-refractivity contribution is 5.50. The summed E-state index contributed by atoms with van der Waals surface area (Å²) in [6.45, 7) is 8.59.